The largest absolute Gasteiger partial charge is 0.0775 e. The molecule has 0 N–H and O–H groups in total. The van der Waals surface area contributed by atoms with E-state index >= 15 is 0 Å². The Kier molecular flexibility index (Phi) is 8.21. The minimum atomic E-state index is -1.12. The zero-order valence-electron chi connectivity index (χ0n) is 14.2. The van der Waals surface area contributed by atoms with Crippen LogP contribution in [-0.2, 0) is 6.42 Å². The summed E-state index contributed by atoms with van der Waals surface area (Å²) in [7, 11) is -1.12. The molecule has 0 radical (unpaired) electrons. The third-order valence-electron chi connectivity index (χ3n) is 4.14. The van der Waals surface area contributed by atoms with Crippen molar-refractivity contribution in [1.29, 1.82) is 0 Å². The summed E-state index contributed by atoms with van der Waals surface area (Å²) in [5.74, 6) is 0. The van der Waals surface area contributed by atoms with Crippen molar-refractivity contribution in [1.82, 2.24) is 0 Å². The van der Waals surface area contributed by atoms with Crippen LogP contribution in [0.1, 0.15) is 63.9 Å². The first kappa shape index (κ1) is 17.5. The molecule has 1 heteroatoms. The van der Waals surface area contributed by atoms with Crippen LogP contribution in [0.15, 0.2) is 24.3 Å². The summed E-state index contributed by atoms with van der Waals surface area (Å²) in [6.45, 7) is 9.54. The van der Waals surface area contributed by atoms with Crippen molar-refractivity contribution < 1.29 is 0 Å². The van der Waals surface area contributed by atoms with Gasteiger partial charge in [-0.05, 0) is 18.4 Å². The van der Waals surface area contributed by atoms with Crippen molar-refractivity contribution >= 4 is 13.3 Å². The second-order valence-electron chi connectivity index (χ2n) is 7.17. The standard InChI is InChI=1S/C19H34Si/c1-5-6-7-8-9-10-11-12-13-18-14-16-19(17-15-18)20(2,3)4/h14-17H,5-13H2,1-4H3. The van der Waals surface area contributed by atoms with Crippen molar-refractivity contribution in [3.63, 3.8) is 0 Å². The highest BCUT2D eigenvalue weighted by molar-refractivity contribution is 6.88. The molecule has 0 amide bonds. The maximum Gasteiger partial charge on any atom is 0.0775 e. The van der Waals surface area contributed by atoms with E-state index in [1.165, 1.54) is 63.4 Å². The van der Waals surface area contributed by atoms with E-state index in [0.717, 1.165) is 0 Å². The van der Waals surface area contributed by atoms with E-state index < -0.39 is 8.07 Å². The second-order valence-corrected chi connectivity index (χ2v) is 12.2. The smallest absolute Gasteiger partial charge is 0.0656 e. The Morgan fingerprint density at radius 3 is 1.70 bits per heavy atom. The lowest BCUT2D eigenvalue weighted by Crippen LogP contribution is -2.37. The van der Waals surface area contributed by atoms with Crippen LogP contribution in [-0.4, -0.2) is 8.07 Å². The molecule has 0 atom stereocenters. The topological polar surface area (TPSA) is 0 Å². The van der Waals surface area contributed by atoms with Crippen LogP contribution in [0.2, 0.25) is 19.6 Å². The third kappa shape index (κ3) is 7.28. The van der Waals surface area contributed by atoms with Crippen molar-refractivity contribution in [3.05, 3.63) is 29.8 Å². The van der Waals surface area contributed by atoms with Crippen LogP contribution in [0, 0.1) is 0 Å². The van der Waals surface area contributed by atoms with Crippen LogP contribution in [0.4, 0.5) is 0 Å². The highest BCUT2D eigenvalue weighted by Gasteiger charge is 2.15. The summed E-state index contributed by atoms with van der Waals surface area (Å²) < 4.78 is 0. The van der Waals surface area contributed by atoms with E-state index in [1.54, 1.807) is 5.19 Å². The molecule has 1 aromatic rings. The summed E-state index contributed by atoms with van der Waals surface area (Å²) in [5, 5.41) is 1.58. The van der Waals surface area contributed by atoms with Gasteiger partial charge in [-0.1, -0.05) is 101 Å². The number of rotatable bonds is 10. The van der Waals surface area contributed by atoms with Gasteiger partial charge in [-0.15, -0.1) is 0 Å². The van der Waals surface area contributed by atoms with Crippen LogP contribution in [0.25, 0.3) is 0 Å². The molecule has 0 aromatic heterocycles. The Balaban J connectivity index is 2.13. The van der Waals surface area contributed by atoms with Crippen molar-refractivity contribution in [2.24, 2.45) is 0 Å². The molecule has 0 saturated heterocycles. The molecule has 1 rings (SSSR count). The summed E-state index contributed by atoms with van der Waals surface area (Å²) in [4.78, 5) is 0. The van der Waals surface area contributed by atoms with Crippen molar-refractivity contribution in [3.8, 4) is 0 Å². The number of unbranched alkanes of at least 4 members (excludes halogenated alkanes) is 7. The molecule has 0 saturated carbocycles. The van der Waals surface area contributed by atoms with Gasteiger partial charge in [0.05, 0.1) is 8.07 Å². The molecule has 0 nitrogen and oxygen atoms in total. The van der Waals surface area contributed by atoms with E-state index in [-0.39, 0.29) is 0 Å². The average Bonchev–Trinajstić information content (AvgIpc) is 2.41. The highest BCUT2D eigenvalue weighted by Crippen LogP contribution is 2.11. The molecular formula is C19H34Si. The summed E-state index contributed by atoms with van der Waals surface area (Å²) in [6.07, 6.45) is 12.6. The number of hydrogen-bond acceptors (Lipinski definition) is 0. The summed E-state index contributed by atoms with van der Waals surface area (Å²) in [6, 6.07) is 9.45. The minimum Gasteiger partial charge on any atom is -0.0656 e. The quantitative estimate of drug-likeness (QED) is 0.371. The van der Waals surface area contributed by atoms with Gasteiger partial charge in [0.2, 0.25) is 0 Å². The van der Waals surface area contributed by atoms with E-state index in [0.29, 0.717) is 0 Å². The third-order valence-corrected chi connectivity index (χ3v) is 6.20. The van der Waals surface area contributed by atoms with Crippen molar-refractivity contribution in [2.45, 2.75) is 84.4 Å². The molecule has 0 unspecified atom stereocenters. The monoisotopic (exact) mass is 290 g/mol. The van der Waals surface area contributed by atoms with E-state index in [1.807, 2.05) is 0 Å². The van der Waals surface area contributed by atoms with Crippen LogP contribution in [0.5, 0.6) is 0 Å². The Hall–Kier alpha value is -0.563. The van der Waals surface area contributed by atoms with Gasteiger partial charge < -0.3 is 0 Å². The predicted molar refractivity (Wildman–Crippen MR) is 95.7 cm³/mol. The first-order valence-electron chi connectivity index (χ1n) is 8.63. The molecular weight excluding hydrogens is 256 g/mol. The Morgan fingerprint density at radius 2 is 1.20 bits per heavy atom. The van der Waals surface area contributed by atoms with Gasteiger partial charge in [-0.2, -0.15) is 0 Å². The maximum atomic E-state index is 2.42. The SMILES string of the molecule is CCCCCCCCCCc1ccc([Si](C)(C)C)cc1. The lowest BCUT2D eigenvalue weighted by atomic mass is 10.0. The summed E-state index contributed by atoms with van der Waals surface area (Å²) >= 11 is 0. The molecule has 0 heterocycles. The Bertz CT molecular complexity index is 345. The fourth-order valence-corrected chi connectivity index (χ4v) is 3.80. The average molecular weight is 291 g/mol. The van der Waals surface area contributed by atoms with Gasteiger partial charge in [-0.25, -0.2) is 0 Å². The lowest BCUT2D eigenvalue weighted by molar-refractivity contribution is 0.575. The zero-order chi connectivity index (χ0) is 14.8. The zero-order valence-corrected chi connectivity index (χ0v) is 15.2. The van der Waals surface area contributed by atoms with E-state index in [2.05, 4.69) is 50.8 Å². The Labute approximate surface area is 128 Å². The van der Waals surface area contributed by atoms with Gasteiger partial charge in [0.1, 0.15) is 0 Å². The molecule has 1 aromatic carbocycles. The van der Waals surface area contributed by atoms with Gasteiger partial charge in [0.15, 0.2) is 0 Å². The normalized spacial score (nSPS) is 11.8. The van der Waals surface area contributed by atoms with E-state index in [4.69, 9.17) is 0 Å². The highest BCUT2D eigenvalue weighted by atomic mass is 28.3. The molecule has 0 aliphatic heterocycles. The fourth-order valence-electron chi connectivity index (χ4n) is 2.63. The van der Waals surface area contributed by atoms with Gasteiger partial charge in [-0.3, -0.25) is 0 Å². The number of hydrogen-bond donors (Lipinski definition) is 0. The van der Waals surface area contributed by atoms with Gasteiger partial charge >= 0.3 is 0 Å². The van der Waals surface area contributed by atoms with Crippen LogP contribution in [0.3, 0.4) is 0 Å². The first-order valence-corrected chi connectivity index (χ1v) is 12.1. The van der Waals surface area contributed by atoms with Crippen molar-refractivity contribution in [2.75, 3.05) is 0 Å². The Morgan fingerprint density at radius 1 is 0.700 bits per heavy atom. The predicted octanol–water partition coefficient (Wildman–Crippen LogP) is 5.92. The fraction of sp³-hybridized carbons (Fsp3) is 0.684. The minimum absolute atomic E-state index is 1.12. The molecule has 0 fully saturated rings. The van der Waals surface area contributed by atoms with Crippen LogP contribution >= 0.6 is 0 Å². The molecule has 0 aliphatic rings. The van der Waals surface area contributed by atoms with E-state index in [9.17, 15) is 0 Å². The molecule has 0 spiro atoms. The van der Waals surface area contributed by atoms with Gasteiger partial charge in [0, 0.05) is 0 Å². The molecule has 114 valence electrons. The van der Waals surface area contributed by atoms with Crippen LogP contribution < -0.4 is 5.19 Å². The number of aryl methyl sites for hydroxylation is 1. The van der Waals surface area contributed by atoms with Gasteiger partial charge in [0.25, 0.3) is 0 Å². The second kappa shape index (κ2) is 9.39. The number of benzene rings is 1. The molecule has 0 aliphatic carbocycles. The first-order chi connectivity index (χ1) is 9.54. The summed E-state index contributed by atoms with van der Waals surface area (Å²) in [5.41, 5.74) is 1.53. The lowest BCUT2D eigenvalue weighted by Gasteiger charge is -2.16. The molecule has 0 bridgehead atoms. The maximum absolute atomic E-state index is 2.42. The molecule has 20 heavy (non-hydrogen) atoms.